The summed E-state index contributed by atoms with van der Waals surface area (Å²) in [4.78, 5) is 0. The average molecular weight is 325 g/mol. The zero-order valence-corrected chi connectivity index (χ0v) is 16.0. The standard InChI is InChI=1S/C22H29O2/c1-21(2,3)18-13-16(15-24-17-11-9-8-10-12-17)14-19(20(18)23-7)22(4,5)6/h9-14H,15H2,1-7H3. The van der Waals surface area contributed by atoms with Crippen LogP contribution in [0.1, 0.15) is 58.2 Å². The molecular formula is C22H29O2. The molecule has 0 aliphatic rings. The largest absolute Gasteiger partial charge is 0.496 e. The van der Waals surface area contributed by atoms with Crippen molar-refractivity contribution >= 4 is 0 Å². The highest BCUT2D eigenvalue weighted by Crippen LogP contribution is 2.40. The van der Waals surface area contributed by atoms with Crippen LogP contribution in [0.4, 0.5) is 0 Å². The molecule has 129 valence electrons. The maximum absolute atomic E-state index is 5.94. The second kappa shape index (κ2) is 6.88. The van der Waals surface area contributed by atoms with Gasteiger partial charge >= 0.3 is 0 Å². The van der Waals surface area contributed by atoms with Crippen molar-refractivity contribution < 1.29 is 9.47 Å². The molecule has 0 aromatic heterocycles. The van der Waals surface area contributed by atoms with Crippen molar-refractivity contribution in [1.29, 1.82) is 0 Å². The van der Waals surface area contributed by atoms with Crippen LogP contribution < -0.4 is 9.47 Å². The quantitative estimate of drug-likeness (QED) is 0.721. The summed E-state index contributed by atoms with van der Waals surface area (Å²) in [6.07, 6.45) is 0. The van der Waals surface area contributed by atoms with Crippen LogP contribution in [0.25, 0.3) is 0 Å². The molecule has 0 aliphatic carbocycles. The number of hydrogen-bond donors (Lipinski definition) is 0. The van der Waals surface area contributed by atoms with E-state index in [1.54, 1.807) is 7.11 Å². The third-order valence-electron chi connectivity index (χ3n) is 4.06. The Hall–Kier alpha value is -1.96. The van der Waals surface area contributed by atoms with Crippen LogP contribution in [0.5, 0.6) is 11.5 Å². The number of methoxy groups -OCH3 is 1. The Morgan fingerprint density at radius 3 is 1.79 bits per heavy atom. The Bertz CT molecular complexity index is 638. The average Bonchev–Trinajstić information content (AvgIpc) is 2.51. The molecule has 0 fully saturated rings. The zero-order chi connectivity index (χ0) is 18.0. The smallest absolute Gasteiger partial charge is 0.126 e. The molecule has 0 N–H and O–H groups in total. The molecule has 2 nitrogen and oxygen atoms in total. The van der Waals surface area contributed by atoms with Gasteiger partial charge in [0.25, 0.3) is 0 Å². The van der Waals surface area contributed by atoms with Gasteiger partial charge in [0, 0.05) is 11.1 Å². The summed E-state index contributed by atoms with van der Waals surface area (Å²) in [6.45, 7) is 13.8. The van der Waals surface area contributed by atoms with Crippen molar-refractivity contribution in [2.24, 2.45) is 0 Å². The molecule has 0 amide bonds. The fraction of sp³-hybridized carbons (Fsp3) is 0.455. The third kappa shape index (κ3) is 4.31. The van der Waals surface area contributed by atoms with E-state index in [1.807, 2.05) is 24.3 Å². The highest BCUT2D eigenvalue weighted by molar-refractivity contribution is 5.50. The van der Waals surface area contributed by atoms with Crippen LogP contribution in [-0.4, -0.2) is 7.11 Å². The summed E-state index contributed by atoms with van der Waals surface area (Å²) in [7, 11) is 1.76. The van der Waals surface area contributed by atoms with Crippen LogP contribution in [0.3, 0.4) is 0 Å². The van der Waals surface area contributed by atoms with Crippen molar-refractivity contribution in [1.82, 2.24) is 0 Å². The molecule has 0 aliphatic heterocycles. The summed E-state index contributed by atoms with van der Waals surface area (Å²) < 4.78 is 11.7. The first-order valence-electron chi connectivity index (χ1n) is 8.43. The van der Waals surface area contributed by atoms with E-state index < -0.39 is 0 Å². The van der Waals surface area contributed by atoms with E-state index in [9.17, 15) is 0 Å². The Labute approximate surface area is 146 Å². The zero-order valence-electron chi connectivity index (χ0n) is 16.0. The number of rotatable bonds is 4. The summed E-state index contributed by atoms with van der Waals surface area (Å²) in [5.74, 6) is 1.85. The number of benzene rings is 2. The van der Waals surface area contributed by atoms with E-state index in [0.717, 1.165) is 11.5 Å². The Morgan fingerprint density at radius 1 is 0.875 bits per heavy atom. The van der Waals surface area contributed by atoms with Gasteiger partial charge in [0.1, 0.15) is 18.1 Å². The fourth-order valence-corrected chi connectivity index (χ4v) is 2.74. The van der Waals surface area contributed by atoms with Gasteiger partial charge in [0.2, 0.25) is 0 Å². The van der Waals surface area contributed by atoms with E-state index in [0.29, 0.717) is 6.61 Å². The summed E-state index contributed by atoms with van der Waals surface area (Å²) in [5.41, 5.74) is 3.61. The lowest BCUT2D eigenvalue weighted by Gasteiger charge is -2.30. The first-order chi connectivity index (χ1) is 11.1. The van der Waals surface area contributed by atoms with Crippen molar-refractivity contribution in [3.8, 4) is 11.5 Å². The van der Waals surface area contributed by atoms with Crippen LogP contribution >= 0.6 is 0 Å². The predicted octanol–water partition coefficient (Wildman–Crippen LogP) is 5.67. The summed E-state index contributed by atoms with van der Waals surface area (Å²) in [6, 6.07) is 15.0. The molecule has 0 saturated carbocycles. The highest BCUT2D eigenvalue weighted by atomic mass is 16.5. The Morgan fingerprint density at radius 2 is 1.38 bits per heavy atom. The Kier molecular flexibility index (Phi) is 5.27. The number of hydrogen-bond acceptors (Lipinski definition) is 2. The van der Waals surface area contributed by atoms with Crippen LogP contribution in [-0.2, 0) is 17.4 Å². The molecule has 2 aromatic rings. The second-order valence-electron chi connectivity index (χ2n) is 8.25. The van der Waals surface area contributed by atoms with Gasteiger partial charge in [0.15, 0.2) is 0 Å². The van der Waals surface area contributed by atoms with Gasteiger partial charge in [-0.05, 0) is 46.7 Å². The van der Waals surface area contributed by atoms with Gasteiger partial charge in [-0.25, -0.2) is 0 Å². The molecule has 0 atom stereocenters. The van der Waals surface area contributed by atoms with Crippen molar-refractivity contribution in [2.75, 3.05) is 7.11 Å². The summed E-state index contributed by atoms with van der Waals surface area (Å²) in [5, 5.41) is 0. The Balaban J connectivity index is 2.45. The minimum atomic E-state index is 0.00304. The van der Waals surface area contributed by atoms with Crippen molar-refractivity contribution in [2.45, 2.75) is 59.0 Å². The van der Waals surface area contributed by atoms with E-state index in [-0.39, 0.29) is 10.8 Å². The van der Waals surface area contributed by atoms with E-state index >= 15 is 0 Å². The van der Waals surface area contributed by atoms with Crippen molar-refractivity contribution in [3.05, 3.63) is 59.2 Å². The predicted molar refractivity (Wildman–Crippen MR) is 100 cm³/mol. The molecule has 0 bridgehead atoms. The van der Waals surface area contributed by atoms with Gasteiger partial charge in [-0.2, -0.15) is 0 Å². The molecule has 0 spiro atoms. The van der Waals surface area contributed by atoms with Gasteiger partial charge in [-0.1, -0.05) is 53.7 Å². The van der Waals surface area contributed by atoms with Crippen LogP contribution in [0.15, 0.2) is 36.4 Å². The van der Waals surface area contributed by atoms with E-state index in [2.05, 4.69) is 59.7 Å². The SMILES string of the molecule is COc1c(C(C)(C)C)cc(COc2cc[c]cc2)cc1C(C)(C)C. The minimum Gasteiger partial charge on any atom is -0.496 e. The third-order valence-corrected chi connectivity index (χ3v) is 4.06. The molecule has 0 heterocycles. The first-order valence-corrected chi connectivity index (χ1v) is 8.43. The molecule has 2 rings (SSSR count). The maximum atomic E-state index is 5.94. The molecule has 2 aromatic carbocycles. The van der Waals surface area contributed by atoms with Gasteiger partial charge < -0.3 is 9.47 Å². The molecule has 24 heavy (non-hydrogen) atoms. The fourth-order valence-electron chi connectivity index (χ4n) is 2.74. The molecule has 0 saturated heterocycles. The van der Waals surface area contributed by atoms with Gasteiger partial charge in [-0.3, -0.25) is 0 Å². The van der Waals surface area contributed by atoms with E-state index in [1.165, 1.54) is 16.7 Å². The van der Waals surface area contributed by atoms with Crippen molar-refractivity contribution in [3.63, 3.8) is 0 Å². The van der Waals surface area contributed by atoms with Crippen LogP contribution in [0, 0.1) is 6.07 Å². The lowest BCUT2D eigenvalue weighted by molar-refractivity contribution is 0.304. The van der Waals surface area contributed by atoms with Gasteiger partial charge in [-0.15, -0.1) is 0 Å². The molecular weight excluding hydrogens is 296 g/mol. The number of ether oxygens (including phenoxy) is 2. The maximum Gasteiger partial charge on any atom is 0.126 e. The monoisotopic (exact) mass is 325 g/mol. The lowest BCUT2D eigenvalue weighted by atomic mass is 9.78. The highest BCUT2D eigenvalue weighted by Gasteiger charge is 2.27. The van der Waals surface area contributed by atoms with Gasteiger partial charge in [0.05, 0.1) is 7.11 Å². The molecule has 1 radical (unpaired) electrons. The lowest BCUT2D eigenvalue weighted by Crippen LogP contribution is -2.20. The minimum absolute atomic E-state index is 0.00304. The molecule has 2 heteroatoms. The normalized spacial score (nSPS) is 12.1. The second-order valence-corrected chi connectivity index (χ2v) is 8.25. The first kappa shape index (κ1) is 18.4. The van der Waals surface area contributed by atoms with Crippen LogP contribution in [0.2, 0.25) is 0 Å². The topological polar surface area (TPSA) is 18.5 Å². The molecule has 0 unspecified atom stereocenters. The van der Waals surface area contributed by atoms with E-state index in [4.69, 9.17) is 9.47 Å². The summed E-state index contributed by atoms with van der Waals surface area (Å²) >= 11 is 0.